The summed E-state index contributed by atoms with van der Waals surface area (Å²) in [4.78, 5) is 38.5. The molecule has 0 aliphatic heterocycles. The molecular weight excluding hydrogens is 444 g/mol. The van der Waals surface area contributed by atoms with E-state index < -0.39 is 5.97 Å². The highest BCUT2D eigenvalue weighted by Crippen LogP contribution is 2.29. The van der Waals surface area contributed by atoms with Gasteiger partial charge in [-0.1, -0.05) is 51.4 Å². The van der Waals surface area contributed by atoms with Crippen molar-refractivity contribution in [3.05, 3.63) is 41.0 Å². The summed E-state index contributed by atoms with van der Waals surface area (Å²) in [7, 11) is 0. The Morgan fingerprint density at radius 2 is 1.85 bits per heavy atom. The Balaban J connectivity index is 2.20. The molecule has 0 unspecified atom stereocenters. The van der Waals surface area contributed by atoms with Crippen molar-refractivity contribution >= 4 is 35.2 Å². The lowest BCUT2D eigenvalue weighted by Gasteiger charge is -2.21. The quantitative estimate of drug-likeness (QED) is 0.515. The Labute approximate surface area is 200 Å². The maximum atomic E-state index is 12.9. The van der Waals surface area contributed by atoms with Crippen LogP contribution in [0, 0.1) is 0 Å². The number of halogens is 1. The van der Waals surface area contributed by atoms with Crippen molar-refractivity contribution in [2.45, 2.75) is 59.3 Å². The van der Waals surface area contributed by atoms with Crippen molar-refractivity contribution in [3.63, 3.8) is 0 Å². The minimum Gasteiger partial charge on any atom is -0.466 e. The fourth-order valence-electron chi connectivity index (χ4n) is 3.16. The molecule has 0 atom stereocenters. The van der Waals surface area contributed by atoms with Crippen molar-refractivity contribution in [2.24, 2.45) is 0 Å². The van der Waals surface area contributed by atoms with Crippen molar-refractivity contribution in [1.29, 1.82) is 0 Å². The van der Waals surface area contributed by atoms with Gasteiger partial charge in [0.1, 0.15) is 5.82 Å². The number of carbonyl (C=O) groups excluding carboxylic acids is 3. The van der Waals surface area contributed by atoms with Crippen LogP contribution in [-0.4, -0.2) is 52.2 Å². The number of nitrogens with zero attached hydrogens (tertiary/aromatic N) is 3. The summed E-state index contributed by atoms with van der Waals surface area (Å²) in [6, 6.07) is 9.05. The Hall–Kier alpha value is -2.87. The van der Waals surface area contributed by atoms with E-state index in [-0.39, 0.29) is 43.2 Å². The zero-order valence-corrected chi connectivity index (χ0v) is 20.7. The van der Waals surface area contributed by atoms with Gasteiger partial charge >= 0.3 is 5.97 Å². The number of rotatable bonds is 10. The number of amides is 2. The van der Waals surface area contributed by atoms with Crippen LogP contribution in [0.25, 0.3) is 5.69 Å². The third kappa shape index (κ3) is 7.60. The van der Waals surface area contributed by atoms with E-state index in [1.165, 1.54) is 4.90 Å². The van der Waals surface area contributed by atoms with Crippen molar-refractivity contribution in [1.82, 2.24) is 14.7 Å². The molecule has 8 nitrogen and oxygen atoms in total. The van der Waals surface area contributed by atoms with E-state index in [1.807, 2.05) is 52.0 Å². The molecule has 0 radical (unpaired) electrons. The number of hydrogen-bond donors (Lipinski definition) is 1. The van der Waals surface area contributed by atoms with Crippen molar-refractivity contribution in [3.8, 4) is 5.69 Å². The summed E-state index contributed by atoms with van der Waals surface area (Å²) >= 11 is 6.38. The second-order valence-electron chi connectivity index (χ2n) is 8.70. The molecule has 1 heterocycles. The third-order valence-corrected chi connectivity index (χ3v) is 5.17. The summed E-state index contributed by atoms with van der Waals surface area (Å²) in [6.45, 7) is 10.3. The van der Waals surface area contributed by atoms with Gasteiger partial charge in [0.05, 0.1) is 36.0 Å². The lowest BCUT2D eigenvalue weighted by Crippen LogP contribution is -2.39. The first kappa shape index (κ1) is 26.4. The number of aromatic nitrogens is 2. The number of benzene rings is 1. The van der Waals surface area contributed by atoms with Crippen LogP contribution in [0.2, 0.25) is 5.02 Å². The maximum absolute atomic E-state index is 12.9. The second-order valence-corrected chi connectivity index (χ2v) is 9.10. The van der Waals surface area contributed by atoms with E-state index in [2.05, 4.69) is 10.4 Å². The average Bonchev–Trinajstić information content (AvgIpc) is 3.16. The predicted octanol–water partition coefficient (Wildman–Crippen LogP) is 4.34. The normalized spacial score (nSPS) is 11.2. The molecule has 1 aromatic carbocycles. The molecule has 1 N–H and O–H groups in total. The first-order chi connectivity index (χ1) is 15.6. The van der Waals surface area contributed by atoms with Crippen LogP contribution in [0.15, 0.2) is 30.3 Å². The summed E-state index contributed by atoms with van der Waals surface area (Å²) < 4.78 is 6.48. The zero-order chi connectivity index (χ0) is 24.6. The van der Waals surface area contributed by atoms with E-state index in [1.54, 1.807) is 17.7 Å². The molecule has 0 aliphatic carbocycles. The number of para-hydroxylation sites is 1. The minimum atomic E-state index is -0.426. The van der Waals surface area contributed by atoms with Crippen LogP contribution in [0.1, 0.15) is 59.6 Å². The lowest BCUT2D eigenvalue weighted by atomic mass is 9.92. The molecule has 0 saturated carbocycles. The number of esters is 1. The van der Waals surface area contributed by atoms with Gasteiger partial charge in [-0.2, -0.15) is 5.10 Å². The van der Waals surface area contributed by atoms with E-state index in [0.717, 1.165) is 5.69 Å². The van der Waals surface area contributed by atoms with Gasteiger partial charge in [-0.3, -0.25) is 14.4 Å². The molecule has 180 valence electrons. The summed E-state index contributed by atoms with van der Waals surface area (Å²) in [5.74, 6) is -0.588. The largest absolute Gasteiger partial charge is 0.466 e. The molecule has 2 aromatic rings. The van der Waals surface area contributed by atoms with Gasteiger partial charge in [0, 0.05) is 24.4 Å². The standard InChI is InChI=1S/C24H33ClN4O4/c1-6-14-28(22(31)12-13-23(32)33-7-2)16-21(30)26-20-15-19(24(3,4)5)27-29(20)18-11-9-8-10-17(18)25/h8-11,15H,6-7,12-14,16H2,1-5H3,(H,26,30). The third-order valence-electron chi connectivity index (χ3n) is 4.85. The summed E-state index contributed by atoms with van der Waals surface area (Å²) in [6.07, 6.45) is 0.671. The first-order valence-electron chi connectivity index (χ1n) is 11.2. The van der Waals surface area contributed by atoms with Crippen molar-refractivity contribution < 1.29 is 19.1 Å². The van der Waals surface area contributed by atoms with Gasteiger partial charge in [0.15, 0.2) is 0 Å². The fraction of sp³-hybridized carbons (Fsp3) is 0.500. The number of anilines is 1. The molecular formula is C24H33ClN4O4. The zero-order valence-electron chi connectivity index (χ0n) is 20.0. The van der Waals surface area contributed by atoms with Gasteiger partial charge in [0.2, 0.25) is 11.8 Å². The molecule has 0 saturated heterocycles. The van der Waals surface area contributed by atoms with E-state index in [9.17, 15) is 14.4 Å². The van der Waals surface area contributed by atoms with Crippen LogP contribution < -0.4 is 5.32 Å². The Morgan fingerprint density at radius 3 is 2.45 bits per heavy atom. The highest BCUT2D eigenvalue weighted by atomic mass is 35.5. The lowest BCUT2D eigenvalue weighted by molar-refractivity contribution is -0.145. The molecule has 2 amide bonds. The fourth-order valence-corrected chi connectivity index (χ4v) is 3.38. The summed E-state index contributed by atoms with van der Waals surface area (Å²) in [5.41, 5.74) is 1.18. The van der Waals surface area contributed by atoms with Crippen LogP contribution in [0.4, 0.5) is 5.82 Å². The van der Waals surface area contributed by atoms with Crippen LogP contribution >= 0.6 is 11.6 Å². The van der Waals surface area contributed by atoms with Crippen LogP contribution in [0.3, 0.4) is 0 Å². The average molecular weight is 477 g/mol. The second kappa shape index (κ2) is 11.8. The molecule has 9 heteroatoms. The highest BCUT2D eigenvalue weighted by molar-refractivity contribution is 6.32. The van der Waals surface area contributed by atoms with Gasteiger partial charge < -0.3 is 15.0 Å². The van der Waals surface area contributed by atoms with Gasteiger partial charge in [-0.15, -0.1) is 0 Å². The number of ether oxygens (including phenoxy) is 1. The first-order valence-corrected chi connectivity index (χ1v) is 11.5. The molecule has 0 fully saturated rings. The van der Waals surface area contributed by atoms with Gasteiger partial charge in [-0.05, 0) is 25.5 Å². The number of hydrogen-bond acceptors (Lipinski definition) is 5. The van der Waals surface area contributed by atoms with Gasteiger partial charge in [-0.25, -0.2) is 4.68 Å². The Morgan fingerprint density at radius 1 is 1.15 bits per heavy atom. The molecule has 0 spiro atoms. The number of carbonyl (C=O) groups is 3. The monoisotopic (exact) mass is 476 g/mol. The highest BCUT2D eigenvalue weighted by Gasteiger charge is 2.23. The smallest absolute Gasteiger partial charge is 0.306 e. The van der Waals surface area contributed by atoms with E-state index in [0.29, 0.717) is 29.5 Å². The SMILES string of the molecule is CCCN(CC(=O)Nc1cc(C(C)(C)C)nn1-c1ccccc1Cl)C(=O)CCC(=O)OCC. The van der Waals surface area contributed by atoms with Crippen molar-refractivity contribution in [2.75, 3.05) is 25.0 Å². The molecule has 2 rings (SSSR count). The molecule has 1 aromatic heterocycles. The molecule has 0 aliphatic rings. The molecule has 33 heavy (non-hydrogen) atoms. The van der Waals surface area contributed by atoms with E-state index >= 15 is 0 Å². The van der Waals surface area contributed by atoms with E-state index in [4.69, 9.17) is 16.3 Å². The predicted molar refractivity (Wildman–Crippen MR) is 129 cm³/mol. The summed E-state index contributed by atoms with van der Waals surface area (Å²) in [5, 5.41) is 8.04. The Bertz CT molecular complexity index is 981. The van der Waals surface area contributed by atoms with Crippen LogP contribution in [0.5, 0.6) is 0 Å². The topological polar surface area (TPSA) is 93.5 Å². The maximum Gasteiger partial charge on any atom is 0.306 e. The van der Waals surface area contributed by atoms with Crippen LogP contribution in [-0.2, 0) is 24.5 Å². The number of nitrogens with one attached hydrogen (secondary N) is 1. The Kier molecular flexibility index (Phi) is 9.46. The minimum absolute atomic E-state index is 0.00214. The molecule has 0 bridgehead atoms. The van der Waals surface area contributed by atoms with Gasteiger partial charge in [0.25, 0.3) is 0 Å².